The van der Waals surface area contributed by atoms with Crippen LogP contribution in [-0.4, -0.2) is 71.4 Å². The highest BCUT2D eigenvalue weighted by atomic mass is 32.3. The van der Waals surface area contributed by atoms with Gasteiger partial charge in [-0.2, -0.15) is 13.5 Å². The van der Waals surface area contributed by atoms with E-state index in [1.54, 1.807) is 6.92 Å². The van der Waals surface area contributed by atoms with Crippen molar-refractivity contribution in [2.24, 2.45) is 17.9 Å². The van der Waals surface area contributed by atoms with Gasteiger partial charge in [-0.05, 0) is 57.5 Å². The first-order valence-corrected chi connectivity index (χ1v) is 16.1. The number of pyridine rings is 1. The molecule has 0 bridgehead atoms. The Kier molecular flexibility index (Phi) is 10.4. The summed E-state index contributed by atoms with van der Waals surface area (Å²) in [6, 6.07) is 10.6. The summed E-state index contributed by atoms with van der Waals surface area (Å²) < 4.78 is 43.4. The van der Waals surface area contributed by atoms with Crippen LogP contribution in [0.5, 0.6) is 5.75 Å². The van der Waals surface area contributed by atoms with Gasteiger partial charge in [0.15, 0.2) is 28.8 Å². The number of oxime groups is 1. The first kappa shape index (κ1) is 33.7. The molecule has 45 heavy (non-hydrogen) atoms. The Morgan fingerprint density at radius 1 is 1.24 bits per heavy atom. The molecule has 0 unspecified atom stereocenters. The van der Waals surface area contributed by atoms with Gasteiger partial charge in [-0.3, -0.25) is 14.1 Å². The molecule has 1 aliphatic heterocycles. The highest BCUT2D eigenvalue weighted by Gasteiger charge is 2.58. The van der Waals surface area contributed by atoms with Crippen molar-refractivity contribution in [2.45, 2.75) is 51.3 Å². The molecule has 1 aromatic carbocycles. The van der Waals surface area contributed by atoms with E-state index >= 15 is 0 Å². The Labute approximate surface area is 264 Å². The Bertz CT molecular complexity index is 1680. The Balaban J connectivity index is 1.38. The SMILES string of the molecule is C[C@@H](COc1ccc(-c2ccc(CCCN)[n+](C)c2)cc1)O/N=C(\C(=O)N[C@@H]1C(=O)N(OS(=O)(=O)O)C1(C)C)c1csc(N)n1. The average molecular weight is 663 g/mol. The number of hydrogen-bond acceptors (Lipinski definition) is 12. The van der Waals surface area contributed by atoms with Crippen LogP contribution in [0.2, 0.25) is 0 Å². The number of carbonyl (C=O) groups excluding carboxylic acids is 2. The van der Waals surface area contributed by atoms with Crippen LogP contribution < -0.4 is 26.1 Å². The summed E-state index contributed by atoms with van der Waals surface area (Å²) in [7, 11) is -2.94. The maximum atomic E-state index is 13.2. The van der Waals surface area contributed by atoms with Gasteiger partial charge in [0.05, 0.1) is 5.54 Å². The van der Waals surface area contributed by atoms with Crippen LogP contribution in [0.1, 0.15) is 38.6 Å². The number of nitrogen functional groups attached to an aromatic ring is 1. The minimum atomic E-state index is -4.95. The van der Waals surface area contributed by atoms with Crippen LogP contribution in [0.15, 0.2) is 53.1 Å². The second kappa shape index (κ2) is 13.9. The van der Waals surface area contributed by atoms with E-state index in [4.69, 9.17) is 25.6 Å². The largest absolute Gasteiger partial charge is 0.490 e. The van der Waals surface area contributed by atoms with Crippen molar-refractivity contribution in [1.29, 1.82) is 0 Å². The van der Waals surface area contributed by atoms with Gasteiger partial charge < -0.3 is 26.4 Å². The lowest BCUT2D eigenvalue weighted by Crippen LogP contribution is -2.76. The number of aromatic nitrogens is 2. The molecule has 0 aliphatic carbocycles. The van der Waals surface area contributed by atoms with Crippen molar-refractivity contribution in [1.82, 2.24) is 15.4 Å². The lowest BCUT2D eigenvalue weighted by atomic mass is 9.84. The maximum Gasteiger partial charge on any atom is 0.418 e. The van der Waals surface area contributed by atoms with Crippen molar-refractivity contribution in [3.63, 3.8) is 0 Å². The zero-order valence-corrected chi connectivity index (χ0v) is 26.8. The number of hydrogen-bond donors (Lipinski definition) is 4. The number of anilines is 1. The Hall–Kier alpha value is -4.16. The first-order chi connectivity index (χ1) is 21.2. The predicted octanol–water partition coefficient (Wildman–Crippen LogP) is 1.14. The van der Waals surface area contributed by atoms with E-state index in [-0.39, 0.29) is 23.1 Å². The van der Waals surface area contributed by atoms with E-state index in [9.17, 15) is 18.0 Å². The molecule has 0 radical (unpaired) electrons. The summed E-state index contributed by atoms with van der Waals surface area (Å²) in [4.78, 5) is 35.3. The Morgan fingerprint density at radius 3 is 2.51 bits per heavy atom. The maximum absolute atomic E-state index is 13.2. The third-order valence-corrected chi connectivity index (χ3v) is 7.99. The van der Waals surface area contributed by atoms with E-state index in [1.165, 1.54) is 24.9 Å². The standard InChI is InChI=1S/C28H35N7O8S2/c1-17(15-41-21-11-8-18(9-12-21)19-7-10-20(6-5-13-29)34(4)14-19)42-33-23(22-16-44-27(30)31-22)25(36)32-24-26(37)35(28(24,2)3)43-45(38,39)40/h7-12,14,16-17,24H,5-6,13,15,29H2,1-4H3,(H3-,30,31,32,36,38,39,40)/p+1/b33-23-/t17-,24+/m0/s1. The van der Waals surface area contributed by atoms with E-state index in [1.807, 2.05) is 31.3 Å². The van der Waals surface area contributed by atoms with Crippen LogP contribution in [0, 0.1) is 0 Å². The summed E-state index contributed by atoms with van der Waals surface area (Å²) in [6.45, 7) is 5.31. The topological polar surface area (TPSA) is 213 Å². The fourth-order valence-corrected chi connectivity index (χ4v) is 5.50. The number of thiazole rings is 1. The number of ether oxygens (including phenoxy) is 1. The number of hydroxylamine groups is 2. The van der Waals surface area contributed by atoms with Gasteiger partial charge in [-0.25, -0.2) is 9.55 Å². The predicted molar refractivity (Wildman–Crippen MR) is 165 cm³/mol. The fourth-order valence-electron chi connectivity index (χ4n) is 4.50. The molecule has 3 aromatic rings. The van der Waals surface area contributed by atoms with Gasteiger partial charge >= 0.3 is 10.4 Å². The number of rotatable bonds is 14. The second-order valence-electron chi connectivity index (χ2n) is 10.9. The molecule has 15 nitrogen and oxygen atoms in total. The molecule has 2 aromatic heterocycles. The minimum absolute atomic E-state index is 0.0951. The van der Waals surface area contributed by atoms with Crippen molar-refractivity contribution >= 4 is 44.4 Å². The molecule has 4 rings (SSSR count). The highest BCUT2D eigenvalue weighted by Crippen LogP contribution is 2.33. The van der Waals surface area contributed by atoms with Crippen LogP contribution in [0.25, 0.3) is 11.1 Å². The molecule has 0 saturated carbocycles. The molecule has 1 aliphatic rings. The molecule has 3 heterocycles. The van der Waals surface area contributed by atoms with E-state index in [0.29, 0.717) is 17.4 Å². The third-order valence-electron chi connectivity index (χ3n) is 6.98. The molecule has 2 atom stereocenters. The molecule has 1 saturated heterocycles. The van der Waals surface area contributed by atoms with Crippen molar-refractivity contribution < 1.29 is 41.0 Å². The Morgan fingerprint density at radius 2 is 1.93 bits per heavy atom. The number of benzene rings is 1. The number of β-lactam (4-membered cyclic amide) rings is 1. The summed E-state index contributed by atoms with van der Waals surface area (Å²) in [5.74, 6) is -1.12. The molecular weight excluding hydrogens is 626 g/mol. The van der Waals surface area contributed by atoms with Crippen LogP contribution >= 0.6 is 11.3 Å². The van der Waals surface area contributed by atoms with Gasteiger partial charge in [0.1, 0.15) is 31.1 Å². The average Bonchev–Trinajstić information content (AvgIpc) is 3.42. The lowest BCUT2D eigenvalue weighted by Gasteiger charge is -2.50. The molecule has 17 heteroatoms. The normalized spacial score (nSPS) is 17.0. The van der Waals surface area contributed by atoms with Crippen LogP contribution in [0.3, 0.4) is 0 Å². The van der Waals surface area contributed by atoms with Gasteiger partial charge in [-0.1, -0.05) is 17.3 Å². The van der Waals surface area contributed by atoms with E-state index in [0.717, 1.165) is 35.3 Å². The number of carbonyl (C=O) groups is 2. The molecule has 2 amide bonds. The smallest absolute Gasteiger partial charge is 0.418 e. The monoisotopic (exact) mass is 662 g/mol. The zero-order valence-electron chi connectivity index (χ0n) is 25.2. The van der Waals surface area contributed by atoms with E-state index < -0.39 is 39.9 Å². The van der Waals surface area contributed by atoms with E-state index in [2.05, 4.69) is 42.6 Å². The van der Waals surface area contributed by atoms with Crippen LogP contribution in [-0.2, 0) is 42.6 Å². The van der Waals surface area contributed by atoms with Crippen LogP contribution in [0.4, 0.5) is 5.13 Å². The minimum Gasteiger partial charge on any atom is -0.490 e. The second-order valence-corrected chi connectivity index (χ2v) is 12.8. The van der Waals surface area contributed by atoms with Crippen molar-refractivity contribution in [3.8, 4) is 16.9 Å². The zero-order chi connectivity index (χ0) is 32.9. The summed E-state index contributed by atoms with van der Waals surface area (Å²) in [5, 5.41) is 8.59. The summed E-state index contributed by atoms with van der Waals surface area (Å²) in [6.07, 6.45) is 3.31. The molecular formula is C28H36N7O8S2+. The fraction of sp³-hybridized carbons (Fsp3) is 0.393. The highest BCUT2D eigenvalue weighted by molar-refractivity contribution is 7.80. The van der Waals surface area contributed by atoms with Gasteiger partial charge in [-0.15, -0.1) is 15.6 Å². The van der Waals surface area contributed by atoms with Crippen molar-refractivity contribution in [3.05, 3.63) is 59.4 Å². The molecule has 242 valence electrons. The number of nitrogens with zero attached hydrogens (tertiary/aromatic N) is 4. The molecule has 1 fully saturated rings. The first-order valence-electron chi connectivity index (χ1n) is 13.9. The summed E-state index contributed by atoms with van der Waals surface area (Å²) >= 11 is 1.07. The number of amides is 2. The van der Waals surface area contributed by atoms with Gasteiger partial charge in [0.2, 0.25) is 0 Å². The number of nitrogens with one attached hydrogen (secondary N) is 1. The number of aryl methyl sites for hydroxylation is 2. The molecule has 0 spiro atoms. The molecule has 6 N–H and O–H groups in total. The summed E-state index contributed by atoms with van der Waals surface area (Å²) in [5.41, 5.74) is 13.2. The quantitative estimate of drug-likeness (QED) is 0.0632. The number of nitrogens with two attached hydrogens (primary N) is 2. The van der Waals surface area contributed by atoms with Gasteiger partial charge in [0.25, 0.3) is 11.8 Å². The van der Waals surface area contributed by atoms with Gasteiger partial charge in [0, 0.05) is 23.4 Å². The van der Waals surface area contributed by atoms with Crippen molar-refractivity contribution in [2.75, 3.05) is 18.9 Å². The third kappa shape index (κ3) is 8.31. The lowest BCUT2D eigenvalue weighted by molar-refractivity contribution is -0.678.